The van der Waals surface area contributed by atoms with Gasteiger partial charge in [-0.3, -0.25) is 14.5 Å². The summed E-state index contributed by atoms with van der Waals surface area (Å²) in [5.74, 6) is -1.53. The maximum absolute atomic E-state index is 13.2. The molecule has 0 bridgehead atoms. The van der Waals surface area contributed by atoms with E-state index in [0.29, 0.717) is 18.4 Å². The minimum atomic E-state index is -1.17. The van der Waals surface area contributed by atoms with E-state index in [1.165, 1.54) is 18.2 Å². The molecule has 27 heavy (non-hydrogen) atoms. The summed E-state index contributed by atoms with van der Waals surface area (Å²) < 4.78 is 13.2. The van der Waals surface area contributed by atoms with Gasteiger partial charge in [0.15, 0.2) is 0 Å². The molecule has 0 aromatic heterocycles. The van der Waals surface area contributed by atoms with Gasteiger partial charge in [0.2, 0.25) is 5.91 Å². The Morgan fingerprint density at radius 3 is 2.56 bits per heavy atom. The lowest BCUT2D eigenvalue weighted by Crippen LogP contribution is -2.44. The largest absolute Gasteiger partial charge is 0.325 e. The van der Waals surface area contributed by atoms with Gasteiger partial charge < -0.3 is 10.6 Å². The highest BCUT2D eigenvalue weighted by Crippen LogP contribution is 2.33. The van der Waals surface area contributed by atoms with Crippen LogP contribution in [0.4, 0.5) is 14.9 Å². The quantitative estimate of drug-likeness (QED) is 0.769. The van der Waals surface area contributed by atoms with Crippen LogP contribution in [0.25, 0.3) is 0 Å². The summed E-state index contributed by atoms with van der Waals surface area (Å²) in [6.45, 7) is 1.48. The smallest absolute Gasteiger partial charge is 0.324 e. The Hall–Kier alpha value is -3.22. The zero-order valence-corrected chi connectivity index (χ0v) is 14.9. The van der Waals surface area contributed by atoms with E-state index in [1.54, 1.807) is 24.3 Å². The number of hydrogen-bond donors (Lipinski definition) is 2. The first-order valence-corrected chi connectivity index (χ1v) is 8.71. The van der Waals surface area contributed by atoms with Crippen molar-refractivity contribution in [3.63, 3.8) is 0 Å². The van der Waals surface area contributed by atoms with Gasteiger partial charge in [-0.05, 0) is 30.2 Å². The average molecular weight is 369 g/mol. The number of urea groups is 1. The van der Waals surface area contributed by atoms with Crippen LogP contribution in [0.1, 0.15) is 25.3 Å². The molecule has 2 aromatic rings. The predicted octanol–water partition coefficient (Wildman–Crippen LogP) is 3.01. The van der Waals surface area contributed by atoms with Crippen LogP contribution in [0.2, 0.25) is 0 Å². The van der Waals surface area contributed by atoms with Crippen molar-refractivity contribution in [2.45, 2.75) is 25.3 Å². The molecule has 1 fully saturated rings. The summed E-state index contributed by atoms with van der Waals surface area (Å²) in [7, 11) is 0. The van der Waals surface area contributed by atoms with E-state index in [-0.39, 0.29) is 5.69 Å². The number of rotatable bonds is 6. The van der Waals surface area contributed by atoms with Crippen LogP contribution in [0.5, 0.6) is 0 Å². The summed E-state index contributed by atoms with van der Waals surface area (Å²) in [4.78, 5) is 38.7. The number of anilines is 1. The van der Waals surface area contributed by atoms with E-state index in [0.717, 1.165) is 11.0 Å². The summed E-state index contributed by atoms with van der Waals surface area (Å²) in [5, 5.41) is 5.26. The van der Waals surface area contributed by atoms with E-state index in [4.69, 9.17) is 0 Å². The number of benzene rings is 2. The first kappa shape index (κ1) is 18.6. The molecule has 0 aliphatic carbocycles. The fraction of sp³-hybridized carbons (Fsp3) is 0.250. The van der Waals surface area contributed by atoms with Gasteiger partial charge in [-0.1, -0.05) is 49.7 Å². The molecule has 3 rings (SSSR count). The number of amides is 4. The monoisotopic (exact) mass is 369 g/mol. The zero-order chi connectivity index (χ0) is 19.4. The maximum Gasteiger partial charge on any atom is 0.325 e. The van der Waals surface area contributed by atoms with Crippen LogP contribution >= 0.6 is 0 Å². The van der Waals surface area contributed by atoms with Crippen molar-refractivity contribution in [2.24, 2.45) is 0 Å². The highest BCUT2D eigenvalue weighted by atomic mass is 19.1. The van der Waals surface area contributed by atoms with Crippen molar-refractivity contribution >= 4 is 23.5 Å². The molecular weight excluding hydrogens is 349 g/mol. The van der Waals surface area contributed by atoms with Crippen molar-refractivity contribution in [1.82, 2.24) is 10.2 Å². The van der Waals surface area contributed by atoms with Crippen molar-refractivity contribution in [3.8, 4) is 0 Å². The SMILES string of the molecule is CCC[C@@]1(c2ccccc2)NC(=O)N(CC(=O)Nc2cccc(F)c2)C1=O. The summed E-state index contributed by atoms with van der Waals surface area (Å²) >= 11 is 0. The van der Waals surface area contributed by atoms with Crippen LogP contribution in [0.15, 0.2) is 54.6 Å². The topological polar surface area (TPSA) is 78.5 Å². The van der Waals surface area contributed by atoms with Crippen molar-refractivity contribution in [3.05, 3.63) is 66.0 Å². The van der Waals surface area contributed by atoms with Gasteiger partial charge >= 0.3 is 6.03 Å². The third-order valence-electron chi connectivity index (χ3n) is 4.48. The molecule has 1 aliphatic rings. The molecule has 1 atom stereocenters. The third kappa shape index (κ3) is 3.67. The van der Waals surface area contributed by atoms with E-state index >= 15 is 0 Å². The van der Waals surface area contributed by atoms with Crippen molar-refractivity contribution in [2.75, 3.05) is 11.9 Å². The lowest BCUT2D eigenvalue weighted by atomic mass is 9.85. The Kier molecular flexibility index (Phi) is 5.21. The van der Waals surface area contributed by atoms with Gasteiger partial charge in [0.05, 0.1) is 0 Å². The molecule has 2 N–H and O–H groups in total. The van der Waals surface area contributed by atoms with Crippen molar-refractivity contribution < 1.29 is 18.8 Å². The fourth-order valence-electron chi connectivity index (χ4n) is 3.29. The van der Waals surface area contributed by atoms with Crippen molar-refractivity contribution in [1.29, 1.82) is 0 Å². The van der Waals surface area contributed by atoms with Crippen LogP contribution in [0.3, 0.4) is 0 Å². The molecule has 1 aliphatic heterocycles. The van der Waals surface area contributed by atoms with Gasteiger partial charge in [-0.25, -0.2) is 9.18 Å². The molecule has 140 valence electrons. The second-order valence-corrected chi connectivity index (χ2v) is 6.40. The molecular formula is C20H20FN3O3. The van der Waals surface area contributed by atoms with Gasteiger partial charge in [-0.15, -0.1) is 0 Å². The third-order valence-corrected chi connectivity index (χ3v) is 4.48. The second-order valence-electron chi connectivity index (χ2n) is 6.40. The first-order valence-electron chi connectivity index (χ1n) is 8.71. The summed E-state index contributed by atoms with van der Waals surface area (Å²) in [6, 6.07) is 13.8. The normalized spacial score (nSPS) is 19.1. The number of halogens is 1. The highest BCUT2D eigenvalue weighted by molar-refractivity contribution is 6.10. The van der Waals surface area contributed by atoms with Gasteiger partial charge in [0.1, 0.15) is 17.9 Å². The number of imide groups is 1. The Morgan fingerprint density at radius 1 is 1.15 bits per heavy atom. The molecule has 1 heterocycles. The Balaban J connectivity index is 1.79. The fourth-order valence-corrected chi connectivity index (χ4v) is 3.29. The lowest BCUT2D eigenvalue weighted by molar-refractivity contribution is -0.134. The minimum absolute atomic E-state index is 0.259. The number of nitrogens with one attached hydrogen (secondary N) is 2. The lowest BCUT2D eigenvalue weighted by Gasteiger charge is -2.26. The maximum atomic E-state index is 13.2. The standard InChI is InChI=1S/C20H20FN3O3/c1-2-11-20(14-7-4-3-5-8-14)18(26)24(19(27)23-20)13-17(25)22-16-10-6-9-15(21)12-16/h3-10,12H,2,11,13H2,1H3,(H,22,25)(H,23,27)/t20-/m0/s1. The molecule has 7 heteroatoms. The summed E-state index contributed by atoms with van der Waals surface area (Å²) in [6.07, 6.45) is 1.09. The molecule has 0 radical (unpaired) electrons. The van der Waals surface area contributed by atoms with Crippen LogP contribution < -0.4 is 10.6 Å². The first-order chi connectivity index (χ1) is 13.0. The van der Waals surface area contributed by atoms with Crippen LogP contribution in [-0.2, 0) is 15.1 Å². The number of nitrogens with zero attached hydrogens (tertiary/aromatic N) is 1. The molecule has 0 unspecified atom stereocenters. The minimum Gasteiger partial charge on any atom is -0.324 e. The van der Waals surface area contributed by atoms with E-state index < -0.39 is 35.7 Å². The van der Waals surface area contributed by atoms with E-state index in [1.807, 2.05) is 13.0 Å². The summed E-state index contributed by atoms with van der Waals surface area (Å²) in [5.41, 5.74) is -0.236. The zero-order valence-electron chi connectivity index (χ0n) is 14.9. The number of carbonyl (C=O) groups is 3. The Bertz CT molecular complexity index is 872. The second kappa shape index (κ2) is 7.57. The molecule has 1 saturated heterocycles. The van der Waals surface area contributed by atoms with Crippen LogP contribution in [-0.4, -0.2) is 29.3 Å². The van der Waals surface area contributed by atoms with Gasteiger partial charge in [-0.2, -0.15) is 0 Å². The average Bonchev–Trinajstić information content (AvgIpc) is 2.88. The van der Waals surface area contributed by atoms with Crippen LogP contribution in [0, 0.1) is 5.82 Å². The molecule has 0 spiro atoms. The van der Waals surface area contributed by atoms with E-state index in [2.05, 4.69) is 10.6 Å². The Morgan fingerprint density at radius 2 is 1.89 bits per heavy atom. The van der Waals surface area contributed by atoms with Gasteiger partial charge in [0.25, 0.3) is 5.91 Å². The number of carbonyl (C=O) groups excluding carboxylic acids is 3. The molecule has 2 aromatic carbocycles. The van der Waals surface area contributed by atoms with E-state index in [9.17, 15) is 18.8 Å². The number of hydrogen-bond acceptors (Lipinski definition) is 3. The van der Waals surface area contributed by atoms with Gasteiger partial charge in [0, 0.05) is 5.69 Å². The Labute approximate surface area is 156 Å². The molecule has 6 nitrogen and oxygen atoms in total. The molecule has 4 amide bonds. The highest BCUT2D eigenvalue weighted by Gasteiger charge is 2.52. The predicted molar refractivity (Wildman–Crippen MR) is 98.3 cm³/mol. The molecule has 0 saturated carbocycles.